The van der Waals surface area contributed by atoms with Crippen molar-refractivity contribution >= 4 is 10.1 Å². The molecule has 0 amide bonds. The van der Waals surface area contributed by atoms with E-state index in [0.29, 0.717) is 6.54 Å². The quantitative estimate of drug-likeness (QED) is 0.490. The molecule has 118 valence electrons. The minimum Gasteiger partial charge on any atom is -0.741 e. The van der Waals surface area contributed by atoms with E-state index in [2.05, 4.69) is 11.5 Å². The Hall–Kier alpha value is -1.13. The number of aliphatic hydroxyl groups is 1. The molecule has 0 bridgehead atoms. The number of hydrogen-bond donors (Lipinski definition) is 1. The third kappa shape index (κ3) is 7.46. The SMILES string of the molecule is CCCC[n+]1ccn(CCO)c1.O=S(=O)([O-])C(F)(F)F. The molecule has 10 heteroatoms. The fourth-order valence-corrected chi connectivity index (χ4v) is 1.16. The Balaban J connectivity index is 0.000000396. The van der Waals surface area contributed by atoms with Gasteiger partial charge in [0.05, 0.1) is 13.2 Å². The number of unbranched alkanes of at least 4 members (excludes halogenated alkanes) is 1. The molecular formula is C10H17F3N2O4S. The number of hydrogen-bond acceptors (Lipinski definition) is 4. The summed E-state index contributed by atoms with van der Waals surface area (Å²) in [5.74, 6) is 0. The first kappa shape index (κ1) is 18.9. The number of aryl methyl sites for hydroxylation is 1. The minimum atomic E-state index is -6.09. The van der Waals surface area contributed by atoms with E-state index in [1.54, 1.807) is 0 Å². The van der Waals surface area contributed by atoms with Crippen molar-refractivity contribution in [2.24, 2.45) is 0 Å². The Morgan fingerprint density at radius 2 is 1.95 bits per heavy atom. The normalized spacial score (nSPS) is 11.9. The average molecular weight is 318 g/mol. The predicted molar refractivity (Wildman–Crippen MR) is 62.4 cm³/mol. The van der Waals surface area contributed by atoms with E-state index >= 15 is 0 Å². The summed E-state index contributed by atoms with van der Waals surface area (Å²) in [4.78, 5) is 0. The Kier molecular flexibility index (Phi) is 7.76. The second kappa shape index (κ2) is 8.22. The van der Waals surface area contributed by atoms with Crippen LogP contribution in [0, 0.1) is 0 Å². The largest absolute Gasteiger partial charge is 0.741 e. The predicted octanol–water partition coefficient (Wildman–Crippen LogP) is 0.619. The summed E-state index contributed by atoms with van der Waals surface area (Å²) >= 11 is 0. The average Bonchev–Trinajstić information content (AvgIpc) is 2.73. The lowest BCUT2D eigenvalue weighted by Gasteiger charge is -2.08. The van der Waals surface area contributed by atoms with Crippen molar-refractivity contribution < 1.29 is 35.8 Å². The molecule has 0 saturated heterocycles. The van der Waals surface area contributed by atoms with Crippen molar-refractivity contribution in [1.29, 1.82) is 0 Å². The van der Waals surface area contributed by atoms with Crippen LogP contribution in [0.3, 0.4) is 0 Å². The number of aliphatic hydroxyl groups excluding tert-OH is 1. The van der Waals surface area contributed by atoms with Gasteiger partial charge in [0.25, 0.3) is 0 Å². The highest BCUT2D eigenvalue weighted by atomic mass is 32.2. The Morgan fingerprint density at radius 3 is 2.35 bits per heavy atom. The molecule has 1 aromatic rings. The van der Waals surface area contributed by atoms with E-state index in [-0.39, 0.29) is 6.61 Å². The number of rotatable bonds is 5. The van der Waals surface area contributed by atoms with E-state index in [0.717, 1.165) is 6.54 Å². The molecule has 0 unspecified atom stereocenters. The van der Waals surface area contributed by atoms with Crippen LogP contribution in [-0.2, 0) is 23.2 Å². The summed E-state index contributed by atoms with van der Waals surface area (Å²) in [6, 6.07) is 0. The van der Waals surface area contributed by atoms with Gasteiger partial charge in [-0.1, -0.05) is 13.3 Å². The molecule has 1 heterocycles. The van der Waals surface area contributed by atoms with Gasteiger partial charge in [0.15, 0.2) is 10.1 Å². The van der Waals surface area contributed by atoms with Gasteiger partial charge < -0.3 is 9.66 Å². The second-order valence-corrected chi connectivity index (χ2v) is 5.24. The summed E-state index contributed by atoms with van der Waals surface area (Å²) in [6.07, 6.45) is 8.51. The fourth-order valence-electron chi connectivity index (χ4n) is 1.16. The van der Waals surface area contributed by atoms with E-state index in [4.69, 9.17) is 18.1 Å². The number of alkyl halides is 3. The number of aromatic nitrogens is 2. The molecule has 20 heavy (non-hydrogen) atoms. The van der Waals surface area contributed by atoms with Crippen LogP contribution in [0.15, 0.2) is 18.7 Å². The van der Waals surface area contributed by atoms with Crippen molar-refractivity contribution in [2.45, 2.75) is 38.4 Å². The third-order valence-corrected chi connectivity index (χ3v) is 2.72. The zero-order valence-corrected chi connectivity index (χ0v) is 11.7. The Bertz CT molecular complexity index is 485. The first-order valence-corrected chi connectivity index (χ1v) is 7.20. The van der Waals surface area contributed by atoms with Crippen LogP contribution in [-0.4, -0.2) is 34.8 Å². The van der Waals surface area contributed by atoms with Gasteiger partial charge in [-0.25, -0.2) is 17.6 Å². The summed E-state index contributed by atoms with van der Waals surface area (Å²) in [5, 5.41) is 8.67. The topological polar surface area (TPSA) is 86.2 Å². The van der Waals surface area contributed by atoms with E-state index in [1.807, 2.05) is 23.3 Å². The van der Waals surface area contributed by atoms with E-state index in [9.17, 15) is 13.2 Å². The molecule has 0 aliphatic heterocycles. The standard InChI is InChI=1S/C9H17N2O.CHF3O3S/c1-2-3-4-10-5-6-11(9-10)7-8-12;2-1(3,4)8(5,6)7/h5-6,9,12H,2-4,7-8H2,1H3;(H,5,6,7)/q+1;/p-1. The van der Waals surface area contributed by atoms with Crippen LogP contribution in [0.1, 0.15) is 19.8 Å². The van der Waals surface area contributed by atoms with Crippen molar-refractivity contribution in [1.82, 2.24) is 4.57 Å². The summed E-state index contributed by atoms with van der Waals surface area (Å²) in [5.41, 5.74) is -5.65. The Labute approximate surface area is 115 Å². The molecule has 0 fully saturated rings. The van der Waals surface area contributed by atoms with E-state index < -0.39 is 15.6 Å². The molecule has 1 N–H and O–H groups in total. The van der Waals surface area contributed by atoms with Gasteiger partial charge in [0.1, 0.15) is 18.9 Å². The lowest BCUT2D eigenvalue weighted by atomic mass is 10.3. The third-order valence-electron chi connectivity index (χ3n) is 2.16. The molecule has 0 spiro atoms. The van der Waals surface area contributed by atoms with Gasteiger partial charge in [0.2, 0.25) is 6.33 Å². The molecular weight excluding hydrogens is 301 g/mol. The summed E-state index contributed by atoms with van der Waals surface area (Å²) < 4.78 is 63.1. The first-order valence-electron chi connectivity index (χ1n) is 5.79. The van der Waals surface area contributed by atoms with Crippen LogP contribution in [0.5, 0.6) is 0 Å². The van der Waals surface area contributed by atoms with Crippen LogP contribution in [0.4, 0.5) is 13.2 Å². The maximum Gasteiger partial charge on any atom is 0.485 e. The maximum absolute atomic E-state index is 10.7. The molecule has 1 aromatic heterocycles. The molecule has 0 atom stereocenters. The van der Waals surface area contributed by atoms with Gasteiger partial charge in [-0.2, -0.15) is 13.2 Å². The lowest BCUT2D eigenvalue weighted by molar-refractivity contribution is -0.696. The fraction of sp³-hybridized carbons (Fsp3) is 0.700. The molecule has 0 aromatic carbocycles. The minimum absolute atomic E-state index is 0.211. The zero-order chi connectivity index (χ0) is 15.8. The first-order chi connectivity index (χ1) is 9.11. The molecule has 0 aliphatic rings. The van der Waals surface area contributed by atoms with Crippen LogP contribution >= 0.6 is 0 Å². The monoisotopic (exact) mass is 318 g/mol. The maximum atomic E-state index is 10.7. The molecule has 0 aliphatic carbocycles. The van der Waals surface area contributed by atoms with Crippen molar-refractivity contribution in [3.63, 3.8) is 0 Å². The summed E-state index contributed by atoms with van der Waals surface area (Å²) in [7, 11) is -6.09. The van der Waals surface area contributed by atoms with Gasteiger partial charge in [-0.05, 0) is 6.42 Å². The molecule has 1 rings (SSSR count). The highest BCUT2D eigenvalue weighted by Gasteiger charge is 2.36. The lowest BCUT2D eigenvalue weighted by Crippen LogP contribution is -2.30. The number of nitrogens with zero attached hydrogens (tertiary/aromatic N) is 2. The van der Waals surface area contributed by atoms with Gasteiger partial charge in [-0.3, -0.25) is 0 Å². The number of halogens is 3. The smallest absolute Gasteiger partial charge is 0.485 e. The second-order valence-electron chi connectivity index (χ2n) is 3.87. The van der Waals surface area contributed by atoms with Crippen molar-refractivity contribution in [3.05, 3.63) is 18.7 Å². The number of imidazole rings is 1. The van der Waals surface area contributed by atoms with Gasteiger partial charge >= 0.3 is 5.51 Å². The molecule has 0 saturated carbocycles. The van der Waals surface area contributed by atoms with Crippen LogP contribution < -0.4 is 4.57 Å². The van der Waals surface area contributed by atoms with Crippen molar-refractivity contribution in [3.8, 4) is 0 Å². The van der Waals surface area contributed by atoms with Gasteiger partial charge in [0, 0.05) is 0 Å². The zero-order valence-electron chi connectivity index (χ0n) is 10.9. The molecule has 0 radical (unpaired) electrons. The highest BCUT2D eigenvalue weighted by molar-refractivity contribution is 7.86. The Morgan fingerprint density at radius 1 is 1.40 bits per heavy atom. The van der Waals surface area contributed by atoms with Crippen LogP contribution in [0.25, 0.3) is 0 Å². The van der Waals surface area contributed by atoms with Crippen molar-refractivity contribution in [2.75, 3.05) is 6.61 Å². The molecule has 6 nitrogen and oxygen atoms in total. The van der Waals surface area contributed by atoms with Gasteiger partial charge in [-0.15, -0.1) is 0 Å². The van der Waals surface area contributed by atoms with E-state index in [1.165, 1.54) is 12.8 Å². The van der Waals surface area contributed by atoms with Crippen LogP contribution in [0.2, 0.25) is 0 Å². The highest BCUT2D eigenvalue weighted by Crippen LogP contribution is 2.20. The summed E-state index contributed by atoms with van der Waals surface area (Å²) in [6.45, 7) is 4.17.